The van der Waals surface area contributed by atoms with Crippen molar-refractivity contribution in [2.75, 3.05) is 13.1 Å². The lowest BCUT2D eigenvalue weighted by molar-refractivity contribution is 0.123. The zero-order valence-corrected chi connectivity index (χ0v) is 9.93. The largest absolute Gasteiger partial charge is 0.508 e. The van der Waals surface area contributed by atoms with Crippen molar-refractivity contribution in [3.8, 4) is 5.75 Å². The third-order valence-corrected chi connectivity index (χ3v) is 2.92. The Morgan fingerprint density at radius 2 is 2.12 bits per heavy atom. The molecule has 1 aromatic carbocycles. The van der Waals surface area contributed by atoms with Crippen LogP contribution in [0, 0.1) is 0 Å². The summed E-state index contributed by atoms with van der Waals surface area (Å²) in [6, 6.07) is 7.36. The summed E-state index contributed by atoms with van der Waals surface area (Å²) in [7, 11) is 0. The van der Waals surface area contributed by atoms with E-state index < -0.39 is 0 Å². The average molecular weight is 233 g/mol. The molecule has 0 amide bonds. The maximum atomic E-state index is 9.16. The van der Waals surface area contributed by atoms with Crippen molar-refractivity contribution in [2.45, 2.75) is 25.4 Å². The van der Waals surface area contributed by atoms with Crippen molar-refractivity contribution >= 4 is 0 Å². The number of phenolic OH excluding ortho intramolecular Hbond substituents is 1. The average Bonchev–Trinajstić information content (AvgIpc) is 2.38. The summed E-state index contributed by atoms with van der Waals surface area (Å²) in [5.41, 5.74) is 1.24. The van der Waals surface area contributed by atoms with E-state index in [9.17, 15) is 0 Å². The minimum absolute atomic E-state index is 0.319. The highest BCUT2D eigenvalue weighted by atomic mass is 16.5. The van der Waals surface area contributed by atoms with Crippen LogP contribution in [0.5, 0.6) is 5.75 Å². The molecule has 92 valence electrons. The summed E-state index contributed by atoms with van der Waals surface area (Å²) < 4.78 is 5.47. The fourth-order valence-electron chi connectivity index (χ4n) is 1.89. The maximum Gasteiger partial charge on any atom is 0.115 e. The Kier molecular flexibility index (Phi) is 4.45. The Balaban J connectivity index is 1.62. The first-order valence-corrected chi connectivity index (χ1v) is 6.14. The van der Waals surface area contributed by atoms with Crippen molar-refractivity contribution in [2.24, 2.45) is 0 Å². The maximum absolute atomic E-state index is 9.16. The molecule has 0 saturated carbocycles. The molecule has 2 N–H and O–H groups in total. The summed E-state index contributed by atoms with van der Waals surface area (Å²) in [4.78, 5) is 0. The molecule has 1 atom stereocenters. The van der Waals surface area contributed by atoms with E-state index in [0.29, 0.717) is 11.9 Å². The fourth-order valence-corrected chi connectivity index (χ4v) is 1.89. The van der Waals surface area contributed by atoms with E-state index in [1.165, 1.54) is 5.56 Å². The minimum Gasteiger partial charge on any atom is -0.508 e. The highest BCUT2D eigenvalue weighted by Gasteiger charge is 2.09. The fraction of sp³-hybridized carbons (Fsp3) is 0.429. The molecular formula is C14H19NO2. The van der Waals surface area contributed by atoms with Crippen molar-refractivity contribution in [1.29, 1.82) is 0 Å². The lowest BCUT2D eigenvalue weighted by atomic mass is 10.1. The highest BCUT2D eigenvalue weighted by Crippen LogP contribution is 2.10. The Labute approximate surface area is 102 Å². The van der Waals surface area contributed by atoms with E-state index in [2.05, 4.69) is 11.4 Å². The van der Waals surface area contributed by atoms with Crippen molar-refractivity contribution in [3.05, 3.63) is 42.2 Å². The number of phenols is 1. The Morgan fingerprint density at radius 1 is 1.29 bits per heavy atom. The van der Waals surface area contributed by atoms with Gasteiger partial charge in [0, 0.05) is 6.54 Å². The molecule has 0 saturated heterocycles. The van der Waals surface area contributed by atoms with Gasteiger partial charge in [0.05, 0.1) is 6.26 Å². The van der Waals surface area contributed by atoms with Crippen LogP contribution in [0.2, 0.25) is 0 Å². The molecular weight excluding hydrogens is 214 g/mol. The predicted molar refractivity (Wildman–Crippen MR) is 67.9 cm³/mol. The van der Waals surface area contributed by atoms with Crippen LogP contribution in [-0.2, 0) is 11.2 Å². The molecule has 1 aromatic rings. The second kappa shape index (κ2) is 6.30. The Bertz CT molecular complexity index is 359. The van der Waals surface area contributed by atoms with Gasteiger partial charge < -0.3 is 15.2 Å². The van der Waals surface area contributed by atoms with Gasteiger partial charge >= 0.3 is 0 Å². The van der Waals surface area contributed by atoms with Crippen LogP contribution in [0.3, 0.4) is 0 Å². The van der Waals surface area contributed by atoms with E-state index in [1.54, 1.807) is 18.4 Å². The molecule has 0 spiro atoms. The Morgan fingerprint density at radius 3 is 2.82 bits per heavy atom. The molecule has 0 aromatic heterocycles. The van der Waals surface area contributed by atoms with Crippen LogP contribution < -0.4 is 5.32 Å². The van der Waals surface area contributed by atoms with Gasteiger partial charge in [-0.15, -0.1) is 0 Å². The van der Waals surface area contributed by atoms with Crippen LogP contribution >= 0.6 is 0 Å². The topological polar surface area (TPSA) is 41.5 Å². The molecule has 3 nitrogen and oxygen atoms in total. The van der Waals surface area contributed by atoms with Gasteiger partial charge in [-0.2, -0.15) is 0 Å². The summed E-state index contributed by atoms with van der Waals surface area (Å²) >= 11 is 0. The molecule has 0 bridgehead atoms. The van der Waals surface area contributed by atoms with Gasteiger partial charge in [0.25, 0.3) is 0 Å². The third-order valence-electron chi connectivity index (χ3n) is 2.92. The zero-order chi connectivity index (χ0) is 11.9. The molecule has 1 heterocycles. The van der Waals surface area contributed by atoms with E-state index >= 15 is 0 Å². The monoisotopic (exact) mass is 233 g/mol. The number of hydrogen-bond donors (Lipinski definition) is 2. The van der Waals surface area contributed by atoms with Gasteiger partial charge in [0.1, 0.15) is 11.9 Å². The van der Waals surface area contributed by atoms with Gasteiger partial charge in [0.2, 0.25) is 0 Å². The normalized spacial score (nSPS) is 18.9. The van der Waals surface area contributed by atoms with Gasteiger partial charge in [0.15, 0.2) is 0 Å². The van der Waals surface area contributed by atoms with Gasteiger partial charge in [-0.25, -0.2) is 0 Å². The number of rotatable bonds is 5. The molecule has 1 aliphatic rings. The molecule has 17 heavy (non-hydrogen) atoms. The second-order valence-corrected chi connectivity index (χ2v) is 4.33. The summed E-state index contributed by atoms with van der Waals surface area (Å²) in [6.07, 6.45) is 7.37. The molecule has 2 rings (SSSR count). The van der Waals surface area contributed by atoms with Crippen LogP contribution in [0.4, 0.5) is 0 Å². The number of hydrogen-bond acceptors (Lipinski definition) is 3. The zero-order valence-electron chi connectivity index (χ0n) is 9.93. The lowest BCUT2D eigenvalue weighted by Crippen LogP contribution is -2.30. The standard InChI is InChI=1S/C14H19NO2/c16-13-6-4-12(5-7-13)8-9-15-11-14-3-1-2-10-17-14/h2,4-7,10,14-16H,1,3,8-9,11H2. The Hall–Kier alpha value is -1.48. The van der Waals surface area contributed by atoms with Crippen LogP contribution in [0.25, 0.3) is 0 Å². The number of benzene rings is 1. The van der Waals surface area contributed by atoms with Gasteiger partial charge in [-0.3, -0.25) is 0 Å². The summed E-state index contributed by atoms with van der Waals surface area (Å²) in [5.74, 6) is 0.323. The van der Waals surface area contributed by atoms with E-state index in [0.717, 1.165) is 32.4 Å². The first-order valence-electron chi connectivity index (χ1n) is 6.14. The van der Waals surface area contributed by atoms with Gasteiger partial charge in [-0.05, 0) is 49.6 Å². The summed E-state index contributed by atoms with van der Waals surface area (Å²) in [5, 5.41) is 12.6. The predicted octanol–water partition coefficient (Wildman–Crippen LogP) is 2.22. The highest BCUT2D eigenvalue weighted by molar-refractivity contribution is 5.25. The van der Waals surface area contributed by atoms with E-state index in [-0.39, 0.29) is 0 Å². The van der Waals surface area contributed by atoms with Crippen molar-refractivity contribution in [1.82, 2.24) is 5.32 Å². The van der Waals surface area contributed by atoms with Crippen molar-refractivity contribution in [3.63, 3.8) is 0 Å². The molecule has 0 radical (unpaired) electrons. The molecule has 1 unspecified atom stereocenters. The summed E-state index contributed by atoms with van der Waals surface area (Å²) in [6.45, 7) is 1.84. The second-order valence-electron chi connectivity index (χ2n) is 4.33. The quantitative estimate of drug-likeness (QED) is 0.766. The van der Waals surface area contributed by atoms with E-state index in [1.807, 2.05) is 12.1 Å². The van der Waals surface area contributed by atoms with Gasteiger partial charge in [-0.1, -0.05) is 12.1 Å². The smallest absolute Gasteiger partial charge is 0.115 e. The number of nitrogens with one attached hydrogen (secondary N) is 1. The van der Waals surface area contributed by atoms with E-state index in [4.69, 9.17) is 9.84 Å². The number of allylic oxidation sites excluding steroid dienone is 1. The molecule has 3 heteroatoms. The third kappa shape index (κ3) is 4.11. The van der Waals surface area contributed by atoms with Crippen LogP contribution in [0.1, 0.15) is 18.4 Å². The molecule has 0 aliphatic carbocycles. The van der Waals surface area contributed by atoms with Crippen LogP contribution in [-0.4, -0.2) is 24.3 Å². The first kappa shape index (κ1) is 12.0. The molecule has 1 aliphatic heterocycles. The lowest BCUT2D eigenvalue weighted by Gasteiger charge is -2.19. The SMILES string of the molecule is Oc1ccc(CCNCC2CCC=CO2)cc1. The molecule has 0 fully saturated rings. The first-order chi connectivity index (χ1) is 8.34. The number of ether oxygens (including phenoxy) is 1. The number of aromatic hydroxyl groups is 1. The van der Waals surface area contributed by atoms with Crippen molar-refractivity contribution < 1.29 is 9.84 Å². The minimum atomic E-state index is 0.319. The van der Waals surface area contributed by atoms with Crippen LogP contribution in [0.15, 0.2) is 36.6 Å².